The summed E-state index contributed by atoms with van der Waals surface area (Å²) in [5, 5.41) is 11.9. The van der Waals surface area contributed by atoms with E-state index in [0.717, 1.165) is 0 Å². The topological polar surface area (TPSA) is 111 Å². The first-order valence-electron chi connectivity index (χ1n) is 7.38. The molecule has 7 nitrogen and oxygen atoms in total. The standard InChI is InChI=1S/C18H14N4O3/c1-25-14-5-2-11(3-6-14)8-12(10-19)17(23)20-13-4-7-15-16(9-13)22-18(24)21-15/h2-9H,1H3,(H,20,23)(H2,21,22,24). The molecule has 3 rings (SSSR count). The van der Waals surface area contributed by atoms with Crippen LogP contribution in [0.15, 0.2) is 52.8 Å². The maximum atomic E-state index is 12.3. The van der Waals surface area contributed by atoms with Gasteiger partial charge in [0.2, 0.25) is 0 Å². The first-order valence-corrected chi connectivity index (χ1v) is 7.38. The average molecular weight is 334 g/mol. The van der Waals surface area contributed by atoms with Crippen LogP contribution in [0.1, 0.15) is 5.56 Å². The van der Waals surface area contributed by atoms with Crippen LogP contribution >= 0.6 is 0 Å². The lowest BCUT2D eigenvalue weighted by Gasteiger charge is -2.05. The molecule has 0 saturated carbocycles. The fourth-order valence-electron chi connectivity index (χ4n) is 2.32. The summed E-state index contributed by atoms with van der Waals surface area (Å²) >= 11 is 0. The van der Waals surface area contributed by atoms with Crippen LogP contribution < -0.4 is 15.7 Å². The highest BCUT2D eigenvalue weighted by Crippen LogP contribution is 2.17. The summed E-state index contributed by atoms with van der Waals surface area (Å²) in [6.07, 6.45) is 1.49. The monoisotopic (exact) mass is 334 g/mol. The average Bonchev–Trinajstić information content (AvgIpc) is 2.99. The molecule has 1 heterocycles. The maximum absolute atomic E-state index is 12.3. The van der Waals surface area contributed by atoms with Gasteiger partial charge < -0.3 is 20.0 Å². The molecule has 124 valence electrons. The number of anilines is 1. The zero-order chi connectivity index (χ0) is 17.8. The Balaban J connectivity index is 1.82. The SMILES string of the molecule is COc1ccc(C=C(C#N)C(=O)Nc2ccc3[nH]c(=O)[nH]c3c2)cc1. The van der Waals surface area contributed by atoms with Gasteiger partial charge in [0.05, 0.1) is 18.1 Å². The van der Waals surface area contributed by atoms with Crippen LogP contribution in [-0.2, 0) is 4.79 Å². The third-order valence-electron chi connectivity index (χ3n) is 3.57. The summed E-state index contributed by atoms with van der Waals surface area (Å²) in [5.41, 5.74) is 2.03. The van der Waals surface area contributed by atoms with E-state index in [0.29, 0.717) is 28.0 Å². The molecule has 0 unspecified atom stereocenters. The number of ether oxygens (including phenoxy) is 1. The lowest BCUT2D eigenvalue weighted by Crippen LogP contribution is -2.13. The van der Waals surface area contributed by atoms with E-state index in [4.69, 9.17) is 4.74 Å². The van der Waals surface area contributed by atoms with E-state index >= 15 is 0 Å². The summed E-state index contributed by atoms with van der Waals surface area (Å²) in [7, 11) is 1.56. The number of imidazole rings is 1. The van der Waals surface area contributed by atoms with Gasteiger partial charge in [0.15, 0.2) is 0 Å². The number of aromatic nitrogens is 2. The molecule has 7 heteroatoms. The number of nitrogens with zero attached hydrogens (tertiary/aromatic N) is 1. The van der Waals surface area contributed by atoms with Crippen LogP contribution in [-0.4, -0.2) is 23.0 Å². The second kappa shape index (κ2) is 6.76. The van der Waals surface area contributed by atoms with Crippen molar-refractivity contribution >= 4 is 28.7 Å². The Kier molecular flexibility index (Phi) is 4.35. The zero-order valence-electron chi connectivity index (χ0n) is 13.3. The number of benzene rings is 2. The summed E-state index contributed by atoms with van der Waals surface area (Å²) in [5.74, 6) is 0.157. The number of hydrogen-bond donors (Lipinski definition) is 3. The van der Waals surface area contributed by atoms with Crippen molar-refractivity contribution in [2.45, 2.75) is 0 Å². The van der Waals surface area contributed by atoms with E-state index in [2.05, 4.69) is 15.3 Å². The summed E-state index contributed by atoms with van der Waals surface area (Å²) in [6.45, 7) is 0. The number of H-pyrrole nitrogens is 2. The van der Waals surface area contributed by atoms with Crippen LogP contribution in [0.25, 0.3) is 17.1 Å². The molecule has 0 aliphatic rings. The predicted molar refractivity (Wildman–Crippen MR) is 94.1 cm³/mol. The fraction of sp³-hybridized carbons (Fsp3) is 0.0556. The summed E-state index contributed by atoms with van der Waals surface area (Å²) in [6, 6.07) is 13.8. The Morgan fingerprint density at radius 2 is 1.88 bits per heavy atom. The highest BCUT2D eigenvalue weighted by atomic mass is 16.5. The summed E-state index contributed by atoms with van der Waals surface area (Å²) in [4.78, 5) is 28.8. The van der Waals surface area contributed by atoms with Gasteiger partial charge in [-0.3, -0.25) is 4.79 Å². The molecule has 25 heavy (non-hydrogen) atoms. The Morgan fingerprint density at radius 1 is 1.16 bits per heavy atom. The number of nitriles is 1. The number of fused-ring (bicyclic) bond motifs is 1. The van der Waals surface area contributed by atoms with Crippen molar-refractivity contribution in [2.75, 3.05) is 12.4 Å². The van der Waals surface area contributed by atoms with Crippen molar-refractivity contribution in [3.05, 3.63) is 64.1 Å². The largest absolute Gasteiger partial charge is 0.497 e. The highest BCUT2D eigenvalue weighted by molar-refractivity contribution is 6.10. The van der Waals surface area contributed by atoms with E-state index in [1.807, 2.05) is 6.07 Å². The molecular formula is C18H14N4O3. The van der Waals surface area contributed by atoms with Crippen molar-refractivity contribution in [1.29, 1.82) is 5.26 Å². The highest BCUT2D eigenvalue weighted by Gasteiger charge is 2.10. The molecule has 3 aromatic rings. The Labute approximate surface area is 142 Å². The van der Waals surface area contributed by atoms with Gasteiger partial charge in [-0.1, -0.05) is 12.1 Å². The molecule has 3 N–H and O–H groups in total. The smallest absolute Gasteiger partial charge is 0.323 e. The lowest BCUT2D eigenvalue weighted by atomic mass is 10.1. The van der Waals surface area contributed by atoms with Gasteiger partial charge in [-0.2, -0.15) is 5.26 Å². The number of methoxy groups -OCH3 is 1. The minimum Gasteiger partial charge on any atom is -0.497 e. The molecule has 2 aromatic carbocycles. The van der Waals surface area contributed by atoms with Crippen LogP contribution in [0.3, 0.4) is 0 Å². The van der Waals surface area contributed by atoms with Gasteiger partial charge >= 0.3 is 5.69 Å². The number of carbonyl (C=O) groups excluding carboxylic acids is 1. The van der Waals surface area contributed by atoms with Gasteiger partial charge in [0, 0.05) is 5.69 Å². The van der Waals surface area contributed by atoms with E-state index < -0.39 is 5.91 Å². The quantitative estimate of drug-likeness (QED) is 0.502. The molecule has 0 radical (unpaired) electrons. The minimum atomic E-state index is -0.532. The second-order valence-electron chi connectivity index (χ2n) is 5.24. The summed E-state index contributed by atoms with van der Waals surface area (Å²) < 4.78 is 5.07. The van der Waals surface area contributed by atoms with E-state index in [1.165, 1.54) is 6.08 Å². The lowest BCUT2D eigenvalue weighted by molar-refractivity contribution is -0.112. The molecule has 0 fully saturated rings. The third kappa shape index (κ3) is 3.59. The van der Waals surface area contributed by atoms with Crippen molar-refractivity contribution in [3.63, 3.8) is 0 Å². The molecule has 1 aromatic heterocycles. The van der Waals surface area contributed by atoms with Crippen LogP contribution in [0.2, 0.25) is 0 Å². The normalized spacial score (nSPS) is 11.1. The number of carbonyl (C=O) groups is 1. The van der Waals surface area contributed by atoms with Crippen molar-refractivity contribution in [3.8, 4) is 11.8 Å². The third-order valence-corrected chi connectivity index (χ3v) is 3.57. The minimum absolute atomic E-state index is 0.0344. The first-order chi connectivity index (χ1) is 12.1. The number of nitrogens with one attached hydrogen (secondary N) is 3. The van der Waals surface area contributed by atoms with Crippen LogP contribution in [0.4, 0.5) is 5.69 Å². The Morgan fingerprint density at radius 3 is 2.56 bits per heavy atom. The molecule has 1 amide bonds. The molecule has 0 spiro atoms. The Bertz CT molecular complexity index is 1050. The molecule has 0 aliphatic heterocycles. The maximum Gasteiger partial charge on any atom is 0.323 e. The van der Waals surface area contributed by atoms with Gasteiger partial charge in [-0.15, -0.1) is 0 Å². The number of rotatable bonds is 4. The van der Waals surface area contributed by atoms with Crippen LogP contribution in [0, 0.1) is 11.3 Å². The molecule has 0 aliphatic carbocycles. The zero-order valence-corrected chi connectivity index (χ0v) is 13.3. The second-order valence-corrected chi connectivity index (χ2v) is 5.24. The first kappa shape index (κ1) is 16.1. The molecule has 0 atom stereocenters. The van der Waals surface area contributed by atoms with Crippen LogP contribution in [0.5, 0.6) is 5.75 Å². The fourth-order valence-corrected chi connectivity index (χ4v) is 2.32. The molecular weight excluding hydrogens is 320 g/mol. The van der Waals surface area contributed by atoms with Gasteiger partial charge in [0.25, 0.3) is 5.91 Å². The van der Waals surface area contributed by atoms with Crippen molar-refractivity contribution < 1.29 is 9.53 Å². The number of aromatic amines is 2. The predicted octanol–water partition coefficient (Wildman–Crippen LogP) is 2.41. The van der Waals surface area contributed by atoms with E-state index in [9.17, 15) is 14.9 Å². The van der Waals surface area contributed by atoms with Crippen molar-refractivity contribution in [1.82, 2.24) is 9.97 Å². The van der Waals surface area contributed by atoms with Gasteiger partial charge in [-0.25, -0.2) is 4.79 Å². The number of hydrogen-bond acceptors (Lipinski definition) is 4. The van der Waals surface area contributed by atoms with Gasteiger partial charge in [0.1, 0.15) is 17.4 Å². The van der Waals surface area contributed by atoms with Gasteiger partial charge in [-0.05, 0) is 42.0 Å². The van der Waals surface area contributed by atoms with E-state index in [1.54, 1.807) is 49.6 Å². The molecule has 0 saturated heterocycles. The van der Waals surface area contributed by atoms with E-state index in [-0.39, 0.29) is 11.3 Å². The Hall–Kier alpha value is -3.79. The molecule has 0 bridgehead atoms. The number of amides is 1. The van der Waals surface area contributed by atoms with Crippen molar-refractivity contribution in [2.24, 2.45) is 0 Å².